The molecule has 1 aromatic carbocycles. The summed E-state index contributed by atoms with van der Waals surface area (Å²) < 4.78 is 5.35. The Hall–Kier alpha value is -2.96. The van der Waals surface area contributed by atoms with Crippen molar-refractivity contribution in [3.8, 4) is 0 Å². The Balaban J connectivity index is 1.54. The molecule has 3 N–H and O–H groups in total. The van der Waals surface area contributed by atoms with Gasteiger partial charge >= 0.3 is 0 Å². The lowest BCUT2D eigenvalue weighted by Gasteiger charge is -2.12. The lowest BCUT2D eigenvalue weighted by molar-refractivity contribution is 0.102. The molecule has 2 aromatic rings. The van der Waals surface area contributed by atoms with Gasteiger partial charge in [-0.2, -0.15) is 0 Å². The number of nitrogens with two attached hydrogens (primary N) is 1. The van der Waals surface area contributed by atoms with E-state index >= 15 is 0 Å². The number of rotatable bonds is 6. The summed E-state index contributed by atoms with van der Waals surface area (Å²) in [5, 5.41) is 2.83. The smallest absolute Gasteiger partial charge is 0.282 e. The summed E-state index contributed by atoms with van der Waals surface area (Å²) in [6, 6.07) is 8.12. The van der Waals surface area contributed by atoms with Gasteiger partial charge in [-0.15, -0.1) is 0 Å². The van der Waals surface area contributed by atoms with Gasteiger partial charge in [0.05, 0.1) is 17.9 Å². The first-order chi connectivity index (χ1) is 12.5. The second-order valence-corrected chi connectivity index (χ2v) is 6.29. The molecule has 0 saturated heterocycles. The molecule has 0 fully saturated rings. The zero-order chi connectivity index (χ0) is 18.5. The van der Waals surface area contributed by atoms with Crippen molar-refractivity contribution >= 4 is 17.6 Å². The quantitative estimate of drug-likeness (QED) is 0.830. The third kappa shape index (κ3) is 4.36. The largest absolute Gasteiger partial charge is 0.460 e. The number of benzene rings is 1. The lowest BCUT2D eigenvalue weighted by atomic mass is 10.0. The number of anilines is 1. The standard InChI is InChI=1S/C19H23N5O2/c1-3-14-10-22-17(11-21-14)18(25)23-15-7-4-13(5-8-15)6-9-16-12(2)26-19(20)24-16/h4-5,7-8,10-12,16H,3,6,9H2,1-2H3,(H2,20,24)(H,23,25)/t12-,16-/m0/s1. The maximum atomic E-state index is 12.2. The number of nitrogens with one attached hydrogen (secondary N) is 1. The molecule has 3 rings (SSSR count). The van der Waals surface area contributed by atoms with Crippen LogP contribution in [-0.2, 0) is 17.6 Å². The van der Waals surface area contributed by atoms with Crippen molar-refractivity contribution in [3.05, 3.63) is 53.6 Å². The first-order valence-corrected chi connectivity index (χ1v) is 8.76. The minimum atomic E-state index is -0.269. The van der Waals surface area contributed by atoms with Crippen LogP contribution in [0.25, 0.3) is 0 Å². The SMILES string of the molecule is CCc1cnc(C(=O)Nc2ccc(CC[C@@H]3N=C(N)O[C@H]3C)cc2)cn1. The first-order valence-electron chi connectivity index (χ1n) is 8.76. The van der Waals surface area contributed by atoms with Gasteiger partial charge in [0.2, 0.25) is 0 Å². The molecule has 0 spiro atoms. The molecule has 0 unspecified atom stereocenters. The van der Waals surface area contributed by atoms with Crippen LogP contribution in [0.4, 0.5) is 5.69 Å². The highest BCUT2D eigenvalue weighted by Gasteiger charge is 2.25. The Bertz CT molecular complexity index is 787. The van der Waals surface area contributed by atoms with E-state index in [0.29, 0.717) is 5.69 Å². The molecule has 136 valence electrons. The Morgan fingerprint density at radius 1 is 1.23 bits per heavy atom. The molecule has 0 saturated carbocycles. The van der Waals surface area contributed by atoms with Crippen LogP contribution < -0.4 is 11.1 Å². The van der Waals surface area contributed by atoms with E-state index in [2.05, 4.69) is 20.3 Å². The molecule has 1 aromatic heterocycles. The van der Waals surface area contributed by atoms with E-state index in [0.717, 1.165) is 30.6 Å². The molecule has 0 radical (unpaired) electrons. The highest BCUT2D eigenvalue weighted by molar-refractivity contribution is 6.02. The monoisotopic (exact) mass is 353 g/mol. The van der Waals surface area contributed by atoms with Gasteiger partial charge in [-0.1, -0.05) is 19.1 Å². The lowest BCUT2D eigenvalue weighted by Crippen LogP contribution is -2.20. The molecule has 2 heterocycles. The predicted octanol–water partition coefficient (Wildman–Crippen LogP) is 2.33. The van der Waals surface area contributed by atoms with Crippen molar-refractivity contribution in [2.45, 2.75) is 45.3 Å². The zero-order valence-electron chi connectivity index (χ0n) is 15.0. The van der Waals surface area contributed by atoms with Crippen LogP contribution in [0.3, 0.4) is 0 Å². The van der Waals surface area contributed by atoms with Crippen molar-refractivity contribution in [1.82, 2.24) is 9.97 Å². The first kappa shape index (κ1) is 17.8. The van der Waals surface area contributed by atoms with Crippen LogP contribution in [0.1, 0.15) is 42.0 Å². The van der Waals surface area contributed by atoms with E-state index in [-0.39, 0.29) is 24.1 Å². The van der Waals surface area contributed by atoms with Crippen LogP contribution in [0.2, 0.25) is 0 Å². The molecule has 0 aliphatic carbocycles. The number of aromatic nitrogens is 2. The normalized spacial score (nSPS) is 18.9. The summed E-state index contributed by atoms with van der Waals surface area (Å²) in [4.78, 5) is 24.8. The van der Waals surface area contributed by atoms with Crippen molar-refractivity contribution in [1.29, 1.82) is 0 Å². The number of aryl methyl sites for hydroxylation is 2. The van der Waals surface area contributed by atoms with Crippen molar-refractivity contribution < 1.29 is 9.53 Å². The predicted molar refractivity (Wildman–Crippen MR) is 100 cm³/mol. The van der Waals surface area contributed by atoms with Crippen LogP contribution in [0.15, 0.2) is 41.7 Å². The molecule has 1 aliphatic heterocycles. The van der Waals surface area contributed by atoms with E-state index in [9.17, 15) is 4.79 Å². The van der Waals surface area contributed by atoms with Crippen LogP contribution in [0, 0.1) is 0 Å². The Morgan fingerprint density at radius 3 is 2.58 bits per heavy atom. The highest BCUT2D eigenvalue weighted by atomic mass is 16.5. The van der Waals surface area contributed by atoms with Crippen molar-refractivity contribution in [2.75, 3.05) is 5.32 Å². The van der Waals surface area contributed by atoms with Gasteiger partial charge in [0.1, 0.15) is 11.8 Å². The maximum absolute atomic E-state index is 12.2. The maximum Gasteiger partial charge on any atom is 0.282 e. The number of carbonyl (C=O) groups excluding carboxylic acids is 1. The molecule has 26 heavy (non-hydrogen) atoms. The molecule has 7 nitrogen and oxygen atoms in total. The number of hydrogen-bond acceptors (Lipinski definition) is 6. The van der Waals surface area contributed by atoms with Crippen LogP contribution in [-0.4, -0.2) is 34.0 Å². The fourth-order valence-corrected chi connectivity index (χ4v) is 2.79. The fourth-order valence-electron chi connectivity index (χ4n) is 2.79. The molecule has 1 aliphatic rings. The number of aliphatic imine (C=N–C) groups is 1. The fraction of sp³-hybridized carbons (Fsp3) is 0.368. The number of nitrogens with zero attached hydrogens (tertiary/aromatic N) is 3. The summed E-state index contributed by atoms with van der Waals surface area (Å²) >= 11 is 0. The van der Waals surface area contributed by atoms with Crippen LogP contribution in [0.5, 0.6) is 0 Å². The van der Waals surface area contributed by atoms with Crippen molar-refractivity contribution in [3.63, 3.8) is 0 Å². The number of amidine groups is 1. The second kappa shape index (κ2) is 7.95. The van der Waals surface area contributed by atoms with E-state index in [4.69, 9.17) is 10.5 Å². The highest BCUT2D eigenvalue weighted by Crippen LogP contribution is 2.18. The van der Waals surface area contributed by atoms with Crippen LogP contribution >= 0.6 is 0 Å². The average Bonchev–Trinajstić information content (AvgIpc) is 2.98. The second-order valence-electron chi connectivity index (χ2n) is 6.29. The van der Waals surface area contributed by atoms with Gasteiger partial charge in [0, 0.05) is 11.9 Å². The third-order valence-corrected chi connectivity index (χ3v) is 4.38. The summed E-state index contributed by atoms with van der Waals surface area (Å²) in [5.74, 6) is -0.269. The number of amides is 1. The molecular formula is C19H23N5O2. The average molecular weight is 353 g/mol. The molecule has 1 amide bonds. The molecule has 0 bridgehead atoms. The van der Waals surface area contributed by atoms with Gasteiger partial charge in [-0.25, -0.2) is 9.98 Å². The minimum absolute atomic E-state index is 0.0220. The summed E-state index contributed by atoms with van der Waals surface area (Å²) in [6.07, 6.45) is 5.68. The summed E-state index contributed by atoms with van der Waals surface area (Å²) in [6.45, 7) is 3.97. The van der Waals surface area contributed by atoms with Gasteiger partial charge in [-0.05, 0) is 43.9 Å². The van der Waals surface area contributed by atoms with Crippen molar-refractivity contribution in [2.24, 2.45) is 10.7 Å². The molecular weight excluding hydrogens is 330 g/mol. The minimum Gasteiger partial charge on any atom is -0.460 e. The zero-order valence-corrected chi connectivity index (χ0v) is 15.0. The molecule has 7 heteroatoms. The van der Waals surface area contributed by atoms with E-state index in [1.165, 1.54) is 11.8 Å². The van der Waals surface area contributed by atoms with E-state index in [1.54, 1.807) is 6.20 Å². The number of hydrogen-bond donors (Lipinski definition) is 2. The summed E-state index contributed by atoms with van der Waals surface area (Å²) in [7, 11) is 0. The van der Waals surface area contributed by atoms with E-state index < -0.39 is 0 Å². The van der Waals surface area contributed by atoms with Gasteiger partial charge in [0.25, 0.3) is 11.9 Å². The Morgan fingerprint density at radius 2 is 2.00 bits per heavy atom. The number of ether oxygens (including phenoxy) is 1. The third-order valence-electron chi connectivity index (χ3n) is 4.38. The molecule has 2 atom stereocenters. The Kier molecular flexibility index (Phi) is 5.46. The van der Waals surface area contributed by atoms with E-state index in [1.807, 2.05) is 38.1 Å². The topological polar surface area (TPSA) is 102 Å². The Labute approximate surface area is 152 Å². The van der Waals surface area contributed by atoms with Gasteiger partial charge in [-0.3, -0.25) is 9.78 Å². The van der Waals surface area contributed by atoms with Gasteiger partial charge in [0.15, 0.2) is 0 Å². The summed E-state index contributed by atoms with van der Waals surface area (Å²) in [5.41, 5.74) is 8.65. The van der Waals surface area contributed by atoms with Gasteiger partial charge < -0.3 is 15.8 Å². The number of carbonyl (C=O) groups is 1.